The van der Waals surface area contributed by atoms with E-state index >= 15 is 0 Å². The second-order valence-corrected chi connectivity index (χ2v) is 9.77. The number of rotatable bonds is 5. The van der Waals surface area contributed by atoms with Crippen LogP contribution in [0, 0.1) is 41.5 Å². The van der Waals surface area contributed by atoms with Gasteiger partial charge in [0, 0.05) is 5.56 Å². The summed E-state index contributed by atoms with van der Waals surface area (Å²) in [5, 5.41) is 0. The zero-order valence-corrected chi connectivity index (χ0v) is 22.5. The van der Waals surface area contributed by atoms with Gasteiger partial charge in [-0.3, -0.25) is 0 Å². The Morgan fingerprint density at radius 3 is 1.63 bits per heavy atom. The lowest BCUT2D eigenvalue weighted by Crippen LogP contribution is -2.09. The Morgan fingerprint density at radius 1 is 0.600 bits per heavy atom. The van der Waals surface area contributed by atoms with Crippen LogP contribution < -0.4 is 0 Å². The fourth-order valence-corrected chi connectivity index (χ4v) is 4.85. The Labute approximate surface area is 211 Å². The van der Waals surface area contributed by atoms with Crippen LogP contribution in [-0.2, 0) is 0 Å². The first kappa shape index (κ1) is 24.7. The number of nitrogens with zero attached hydrogens (tertiary/aromatic N) is 3. The monoisotopic (exact) mass is 477 g/mol. The Bertz CT molecular complexity index is 1400. The van der Waals surface area contributed by atoms with Crippen LogP contribution in [0.15, 0.2) is 82.8 Å². The van der Waals surface area contributed by atoms with Crippen molar-refractivity contribution >= 4 is 31.8 Å². The smallest absolute Gasteiger partial charge is 0.0966 e. The molecule has 3 aromatic carbocycles. The van der Waals surface area contributed by atoms with Crippen LogP contribution in [-0.4, -0.2) is 16.1 Å². The molecule has 0 fully saturated rings. The van der Waals surface area contributed by atoms with Gasteiger partial charge in [0.25, 0.3) is 0 Å². The van der Waals surface area contributed by atoms with Gasteiger partial charge in [0.1, 0.15) is 0 Å². The number of hydrogen-bond donors (Lipinski definition) is 0. The lowest BCUT2D eigenvalue weighted by atomic mass is 10.0. The predicted molar refractivity (Wildman–Crippen MR) is 153 cm³/mol. The number of aliphatic imine (C=N–C) groups is 2. The van der Waals surface area contributed by atoms with Crippen molar-refractivity contribution in [3.63, 3.8) is 0 Å². The summed E-state index contributed by atoms with van der Waals surface area (Å²) in [7, 11) is 2.77. The standard InChI is InChI=1S/C31H32N3P/c1-19-15-21(3)28(22(4)16-19)33-30(25-11-8-7-9-12-25)26-13-10-14-27(32-26)31(35)34-29-23(5)17-20(2)18-24(29)6/h7-18H,35H2,1-6H3. The largest absolute Gasteiger partial charge is 0.246 e. The Morgan fingerprint density at radius 2 is 1.09 bits per heavy atom. The molecule has 4 aromatic rings. The number of aryl methyl sites for hydroxylation is 6. The minimum atomic E-state index is 0.803. The summed E-state index contributed by atoms with van der Waals surface area (Å²) in [6, 6.07) is 25.0. The molecule has 0 aliphatic heterocycles. The van der Waals surface area contributed by atoms with Gasteiger partial charge in [-0.15, -0.1) is 0 Å². The number of aromatic nitrogens is 1. The molecule has 0 bridgehead atoms. The highest BCUT2D eigenvalue weighted by Gasteiger charge is 2.13. The molecule has 0 N–H and O–H groups in total. The molecule has 1 atom stereocenters. The van der Waals surface area contributed by atoms with E-state index in [9.17, 15) is 0 Å². The Balaban J connectivity index is 1.84. The van der Waals surface area contributed by atoms with Crippen LogP contribution in [0.25, 0.3) is 0 Å². The fraction of sp³-hybridized carbons (Fsp3) is 0.194. The molecule has 1 heterocycles. The summed E-state index contributed by atoms with van der Waals surface area (Å²) >= 11 is 0. The Hall–Kier alpha value is -3.42. The van der Waals surface area contributed by atoms with Gasteiger partial charge < -0.3 is 0 Å². The lowest BCUT2D eigenvalue weighted by Gasteiger charge is -2.12. The molecule has 0 saturated heterocycles. The normalized spacial score (nSPS) is 12.2. The second kappa shape index (κ2) is 10.5. The van der Waals surface area contributed by atoms with Gasteiger partial charge in [0.05, 0.1) is 33.9 Å². The molecule has 0 aliphatic rings. The first-order valence-electron chi connectivity index (χ1n) is 11.8. The molecule has 0 radical (unpaired) electrons. The van der Waals surface area contributed by atoms with Crippen LogP contribution in [0.2, 0.25) is 0 Å². The van der Waals surface area contributed by atoms with Gasteiger partial charge in [-0.05, 0) is 75.9 Å². The molecule has 4 rings (SSSR count). The summed E-state index contributed by atoms with van der Waals surface area (Å²) in [5.41, 5.74) is 13.4. The number of pyridine rings is 1. The SMILES string of the molecule is Cc1cc(C)c(N=C(P)c2cccc(C(=Nc3c(C)cc(C)cc3C)c3ccccc3)n2)c(C)c1. The van der Waals surface area contributed by atoms with Crippen molar-refractivity contribution in [1.82, 2.24) is 4.98 Å². The Kier molecular flexibility index (Phi) is 7.38. The van der Waals surface area contributed by atoms with Gasteiger partial charge in [-0.2, -0.15) is 0 Å². The molecule has 1 unspecified atom stereocenters. The highest BCUT2D eigenvalue weighted by atomic mass is 31.0. The van der Waals surface area contributed by atoms with E-state index in [1.54, 1.807) is 0 Å². The van der Waals surface area contributed by atoms with E-state index < -0.39 is 0 Å². The van der Waals surface area contributed by atoms with Gasteiger partial charge in [-0.1, -0.05) is 81.0 Å². The van der Waals surface area contributed by atoms with Crippen LogP contribution in [0.3, 0.4) is 0 Å². The molecule has 1 aromatic heterocycles. The molecular formula is C31H32N3P. The third-order valence-corrected chi connectivity index (χ3v) is 6.45. The first-order valence-corrected chi connectivity index (χ1v) is 12.4. The number of hydrogen-bond acceptors (Lipinski definition) is 3. The van der Waals surface area contributed by atoms with Crippen molar-refractivity contribution in [2.75, 3.05) is 0 Å². The molecule has 4 heteroatoms. The molecule has 0 aliphatic carbocycles. The topological polar surface area (TPSA) is 37.6 Å². The van der Waals surface area contributed by atoms with Gasteiger partial charge in [-0.25, -0.2) is 15.0 Å². The molecule has 176 valence electrons. The highest BCUT2D eigenvalue weighted by molar-refractivity contribution is 7.42. The molecule has 0 saturated carbocycles. The van der Waals surface area contributed by atoms with E-state index in [0.717, 1.165) is 61.7 Å². The maximum absolute atomic E-state index is 5.17. The average Bonchev–Trinajstić information content (AvgIpc) is 2.81. The van der Waals surface area contributed by atoms with Crippen molar-refractivity contribution in [1.29, 1.82) is 0 Å². The summed E-state index contributed by atoms with van der Waals surface area (Å²) < 4.78 is 0. The zero-order chi connectivity index (χ0) is 25.1. The van der Waals surface area contributed by atoms with Crippen molar-refractivity contribution < 1.29 is 0 Å². The summed E-state index contributed by atoms with van der Waals surface area (Å²) in [6.45, 7) is 12.7. The number of benzene rings is 3. The van der Waals surface area contributed by atoms with E-state index in [2.05, 4.69) is 87.2 Å². The maximum Gasteiger partial charge on any atom is 0.0966 e. The minimum Gasteiger partial charge on any atom is -0.246 e. The molecule has 0 spiro atoms. The van der Waals surface area contributed by atoms with E-state index in [-0.39, 0.29) is 0 Å². The second-order valence-electron chi connectivity index (χ2n) is 9.23. The molecule has 0 amide bonds. The minimum absolute atomic E-state index is 0.803. The maximum atomic E-state index is 5.17. The summed E-state index contributed by atoms with van der Waals surface area (Å²) in [4.78, 5) is 15.1. The highest BCUT2D eigenvalue weighted by Crippen LogP contribution is 2.29. The van der Waals surface area contributed by atoms with Gasteiger partial charge >= 0.3 is 0 Å². The van der Waals surface area contributed by atoms with Crippen LogP contribution in [0.5, 0.6) is 0 Å². The van der Waals surface area contributed by atoms with E-state index in [0.29, 0.717) is 0 Å². The summed E-state index contributed by atoms with van der Waals surface area (Å²) in [6.07, 6.45) is 0. The summed E-state index contributed by atoms with van der Waals surface area (Å²) in [5.74, 6) is 0. The molecule has 35 heavy (non-hydrogen) atoms. The third kappa shape index (κ3) is 5.63. The van der Waals surface area contributed by atoms with E-state index in [1.807, 2.05) is 36.4 Å². The zero-order valence-electron chi connectivity index (χ0n) is 21.3. The van der Waals surface area contributed by atoms with Crippen LogP contribution in [0.1, 0.15) is 50.3 Å². The van der Waals surface area contributed by atoms with Crippen molar-refractivity contribution in [3.8, 4) is 0 Å². The third-order valence-electron chi connectivity index (χ3n) is 6.03. The average molecular weight is 478 g/mol. The van der Waals surface area contributed by atoms with Crippen LogP contribution in [0.4, 0.5) is 11.4 Å². The fourth-order valence-electron chi connectivity index (χ4n) is 4.56. The van der Waals surface area contributed by atoms with Crippen LogP contribution >= 0.6 is 9.24 Å². The predicted octanol–water partition coefficient (Wildman–Crippen LogP) is 8.05. The van der Waals surface area contributed by atoms with E-state index in [4.69, 9.17) is 15.0 Å². The van der Waals surface area contributed by atoms with Gasteiger partial charge in [0.2, 0.25) is 0 Å². The first-order chi connectivity index (χ1) is 16.7. The quantitative estimate of drug-likeness (QED) is 0.212. The molecule has 3 nitrogen and oxygen atoms in total. The lowest BCUT2D eigenvalue weighted by molar-refractivity contribution is 1.24. The van der Waals surface area contributed by atoms with Gasteiger partial charge in [0.15, 0.2) is 0 Å². The van der Waals surface area contributed by atoms with E-state index in [1.165, 1.54) is 11.1 Å². The van der Waals surface area contributed by atoms with Crippen molar-refractivity contribution in [2.24, 2.45) is 9.98 Å². The van der Waals surface area contributed by atoms with Crippen molar-refractivity contribution in [3.05, 3.63) is 123 Å². The molecular weight excluding hydrogens is 445 g/mol. The van der Waals surface area contributed by atoms with Crippen molar-refractivity contribution in [2.45, 2.75) is 41.5 Å².